The average molecular weight is 262 g/mol. The SMILES string of the molecule is C=CCC(N)C(=O)N(CC)C(C)c1cccc(O)c1. The van der Waals surface area contributed by atoms with Crippen LogP contribution in [0.2, 0.25) is 0 Å². The number of phenols is 1. The predicted molar refractivity (Wildman–Crippen MR) is 76.7 cm³/mol. The largest absolute Gasteiger partial charge is 0.508 e. The molecule has 4 nitrogen and oxygen atoms in total. The van der Waals surface area contributed by atoms with Crippen LogP contribution in [0.3, 0.4) is 0 Å². The van der Waals surface area contributed by atoms with Crippen molar-refractivity contribution in [3.8, 4) is 5.75 Å². The number of nitrogens with two attached hydrogens (primary N) is 1. The smallest absolute Gasteiger partial charge is 0.240 e. The van der Waals surface area contributed by atoms with Crippen LogP contribution in [-0.2, 0) is 4.79 Å². The third-order valence-electron chi connectivity index (χ3n) is 3.18. The van der Waals surface area contributed by atoms with E-state index < -0.39 is 6.04 Å². The molecule has 0 aliphatic heterocycles. The standard InChI is InChI=1S/C15H22N2O2/c1-4-7-14(16)15(19)17(5-2)11(3)12-8-6-9-13(18)10-12/h4,6,8-11,14,18H,1,5,7,16H2,2-3H3. The van der Waals surface area contributed by atoms with E-state index in [1.54, 1.807) is 29.2 Å². The van der Waals surface area contributed by atoms with Crippen LogP contribution in [0.4, 0.5) is 0 Å². The predicted octanol–water partition coefficient (Wildman–Crippen LogP) is 2.21. The second-order valence-corrected chi connectivity index (χ2v) is 4.53. The molecule has 2 unspecified atom stereocenters. The van der Waals surface area contributed by atoms with E-state index in [9.17, 15) is 9.90 Å². The summed E-state index contributed by atoms with van der Waals surface area (Å²) in [5, 5.41) is 9.51. The van der Waals surface area contributed by atoms with E-state index in [1.807, 2.05) is 19.9 Å². The molecule has 0 spiro atoms. The Bertz CT molecular complexity index is 446. The van der Waals surface area contributed by atoms with Crippen molar-refractivity contribution >= 4 is 5.91 Å². The zero-order chi connectivity index (χ0) is 14.4. The number of benzene rings is 1. The fraction of sp³-hybridized carbons (Fsp3) is 0.400. The Morgan fingerprint density at radius 1 is 1.58 bits per heavy atom. The minimum Gasteiger partial charge on any atom is -0.508 e. The monoisotopic (exact) mass is 262 g/mol. The lowest BCUT2D eigenvalue weighted by Crippen LogP contribution is -2.44. The third-order valence-corrected chi connectivity index (χ3v) is 3.18. The quantitative estimate of drug-likeness (QED) is 0.772. The number of phenolic OH excluding ortho intramolecular Hbond substituents is 1. The average Bonchev–Trinajstić information content (AvgIpc) is 2.39. The summed E-state index contributed by atoms with van der Waals surface area (Å²) < 4.78 is 0. The Morgan fingerprint density at radius 3 is 2.79 bits per heavy atom. The van der Waals surface area contributed by atoms with Crippen LogP contribution in [0, 0.1) is 0 Å². The zero-order valence-corrected chi connectivity index (χ0v) is 11.5. The number of hydrogen-bond donors (Lipinski definition) is 2. The molecule has 1 aromatic rings. The third kappa shape index (κ3) is 3.83. The van der Waals surface area contributed by atoms with E-state index in [1.165, 1.54) is 0 Å². The summed E-state index contributed by atoms with van der Waals surface area (Å²) in [6.07, 6.45) is 2.11. The van der Waals surface area contributed by atoms with Crippen LogP contribution in [0.5, 0.6) is 5.75 Å². The highest BCUT2D eigenvalue weighted by Crippen LogP contribution is 2.23. The number of aromatic hydroxyl groups is 1. The summed E-state index contributed by atoms with van der Waals surface area (Å²) in [7, 11) is 0. The molecule has 0 saturated heterocycles. The molecular formula is C15H22N2O2. The van der Waals surface area contributed by atoms with Crippen molar-refractivity contribution in [3.05, 3.63) is 42.5 Å². The summed E-state index contributed by atoms with van der Waals surface area (Å²) in [6, 6.07) is 6.25. The van der Waals surface area contributed by atoms with Crippen LogP contribution < -0.4 is 5.73 Å². The minimum absolute atomic E-state index is 0.0988. The van der Waals surface area contributed by atoms with Crippen molar-refractivity contribution < 1.29 is 9.90 Å². The van der Waals surface area contributed by atoms with Crippen molar-refractivity contribution in [2.24, 2.45) is 5.73 Å². The van der Waals surface area contributed by atoms with Gasteiger partial charge in [0, 0.05) is 6.54 Å². The van der Waals surface area contributed by atoms with E-state index in [4.69, 9.17) is 5.73 Å². The zero-order valence-electron chi connectivity index (χ0n) is 11.5. The van der Waals surface area contributed by atoms with Gasteiger partial charge in [-0.1, -0.05) is 18.2 Å². The maximum Gasteiger partial charge on any atom is 0.240 e. The molecule has 0 bridgehead atoms. The number of carbonyl (C=O) groups is 1. The molecule has 104 valence electrons. The molecule has 2 atom stereocenters. The fourth-order valence-electron chi connectivity index (χ4n) is 2.08. The number of carbonyl (C=O) groups excluding carboxylic acids is 1. The Kier molecular flexibility index (Phi) is 5.57. The van der Waals surface area contributed by atoms with Gasteiger partial charge in [-0.2, -0.15) is 0 Å². The van der Waals surface area contributed by atoms with Gasteiger partial charge < -0.3 is 15.7 Å². The summed E-state index contributed by atoms with van der Waals surface area (Å²) in [5.74, 6) is 0.0986. The summed E-state index contributed by atoms with van der Waals surface area (Å²) in [6.45, 7) is 8.01. The molecule has 1 rings (SSSR count). The topological polar surface area (TPSA) is 66.6 Å². The van der Waals surface area contributed by atoms with Gasteiger partial charge in [0.25, 0.3) is 0 Å². The van der Waals surface area contributed by atoms with Gasteiger partial charge in [0.2, 0.25) is 5.91 Å². The molecule has 0 radical (unpaired) electrons. The molecule has 19 heavy (non-hydrogen) atoms. The first kappa shape index (κ1) is 15.2. The first-order valence-electron chi connectivity index (χ1n) is 6.47. The van der Waals surface area contributed by atoms with Gasteiger partial charge in [0.15, 0.2) is 0 Å². The molecule has 0 fully saturated rings. The van der Waals surface area contributed by atoms with Gasteiger partial charge in [0.05, 0.1) is 12.1 Å². The Balaban J connectivity index is 2.90. The molecule has 4 heteroatoms. The minimum atomic E-state index is -0.558. The summed E-state index contributed by atoms with van der Waals surface area (Å²) in [5.41, 5.74) is 6.73. The molecular weight excluding hydrogens is 240 g/mol. The lowest BCUT2D eigenvalue weighted by Gasteiger charge is -2.30. The van der Waals surface area contributed by atoms with Gasteiger partial charge in [-0.05, 0) is 38.0 Å². The van der Waals surface area contributed by atoms with Crippen molar-refractivity contribution in [1.82, 2.24) is 4.90 Å². The number of hydrogen-bond acceptors (Lipinski definition) is 3. The summed E-state index contributed by atoms with van der Waals surface area (Å²) in [4.78, 5) is 14.0. The van der Waals surface area contributed by atoms with E-state index >= 15 is 0 Å². The molecule has 0 heterocycles. The van der Waals surface area contributed by atoms with E-state index in [2.05, 4.69) is 6.58 Å². The highest BCUT2D eigenvalue weighted by molar-refractivity contribution is 5.82. The first-order chi connectivity index (χ1) is 9.01. The van der Waals surface area contributed by atoms with Gasteiger partial charge in [0.1, 0.15) is 5.75 Å². The van der Waals surface area contributed by atoms with Crippen molar-refractivity contribution in [3.63, 3.8) is 0 Å². The second kappa shape index (κ2) is 6.95. The molecule has 1 amide bonds. The van der Waals surface area contributed by atoms with Crippen LogP contribution in [0.25, 0.3) is 0 Å². The van der Waals surface area contributed by atoms with Gasteiger partial charge in [-0.15, -0.1) is 6.58 Å². The highest BCUT2D eigenvalue weighted by Gasteiger charge is 2.24. The molecule has 0 aliphatic rings. The lowest BCUT2D eigenvalue weighted by atomic mass is 10.0. The van der Waals surface area contributed by atoms with Crippen LogP contribution >= 0.6 is 0 Å². The molecule has 1 aromatic carbocycles. The number of nitrogens with zero attached hydrogens (tertiary/aromatic N) is 1. The normalized spacial score (nSPS) is 13.6. The van der Waals surface area contributed by atoms with Crippen LogP contribution in [0.15, 0.2) is 36.9 Å². The number of likely N-dealkylation sites (N-methyl/N-ethyl adjacent to an activating group) is 1. The maximum atomic E-state index is 12.3. The Hall–Kier alpha value is -1.81. The van der Waals surface area contributed by atoms with Crippen LogP contribution in [0.1, 0.15) is 31.9 Å². The molecule has 3 N–H and O–H groups in total. The molecule has 0 saturated carbocycles. The first-order valence-corrected chi connectivity index (χ1v) is 6.47. The fourth-order valence-corrected chi connectivity index (χ4v) is 2.08. The molecule has 0 aliphatic carbocycles. The van der Waals surface area contributed by atoms with E-state index in [-0.39, 0.29) is 17.7 Å². The van der Waals surface area contributed by atoms with Gasteiger partial charge >= 0.3 is 0 Å². The maximum absolute atomic E-state index is 12.3. The van der Waals surface area contributed by atoms with Crippen molar-refractivity contribution in [2.45, 2.75) is 32.4 Å². The lowest BCUT2D eigenvalue weighted by molar-refractivity contribution is -0.134. The summed E-state index contributed by atoms with van der Waals surface area (Å²) >= 11 is 0. The van der Waals surface area contributed by atoms with E-state index in [0.29, 0.717) is 13.0 Å². The second-order valence-electron chi connectivity index (χ2n) is 4.53. The Morgan fingerprint density at radius 2 is 2.26 bits per heavy atom. The van der Waals surface area contributed by atoms with Gasteiger partial charge in [-0.25, -0.2) is 0 Å². The van der Waals surface area contributed by atoms with Crippen molar-refractivity contribution in [1.29, 1.82) is 0 Å². The number of rotatable bonds is 6. The van der Waals surface area contributed by atoms with E-state index in [0.717, 1.165) is 5.56 Å². The van der Waals surface area contributed by atoms with Crippen LogP contribution in [-0.4, -0.2) is 28.5 Å². The van der Waals surface area contributed by atoms with Crippen molar-refractivity contribution in [2.75, 3.05) is 6.54 Å². The van der Waals surface area contributed by atoms with Gasteiger partial charge in [-0.3, -0.25) is 4.79 Å². The molecule has 0 aromatic heterocycles. The number of amides is 1. The highest BCUT2D eigenvalue weighted by atomic mass is 16.3. The Labute approximate surface area is 114 Å².